The number of aryl methyl sites for hydroxylation is 2. The Morgan fingerprint density at radius 2 is 1.92 bits per heavy atom. The van der Waals surface area contributed by atoms with Crippen molar-refractivity contribution in [3.63, 3.8) is 0 Å². The first-order valence-electron chi connectivity index (χ1n) is 4.55. The Kier molecular flexibility index (Phi) is 4.77. The van der Waals surface area contributed by atoms with Crippen LogP contribution in [0.5, 0.6) is 0 Å². The molecule has 0 radical (unpaired) electrons. The standard InChI is InChI=1S/C10H16S2/c1-2-4-9-6-7-10(12-9)5-3-8-11/h6-7,11H,2-5,8H2,1H3. The van der Waals surface area contributed by atoms with Crippen LogP contribution in [0.3, 0.4) is 0 Å². The van der Waals surface area contributed by atoms with E-state index in [-0.39, 0.29) is 0 Å². The van der Waals surface area contributed by atoms with Crippen LogP contribution in [0, 0.1) is 0 Å². The molecular formula is C10H16S2. The van der Waals surface area contributed by atoms with Crippen molar-refractivity contribution in [2.75, 3.05) is 5.75 Å². The van der Waals surface area contributed by atoms with Gasteiger partial charge in [-0.3, -0.25) is 0 Å². The number of hydrogen-bond acceptors (Lipinski definition) is 2. The van der Waals surface area contributed by atoms with Gasteiger partial charge in [0.2, 0.25) is 0 Å². The zero-order chi connectivity index (χ0) is 8.81. The van der Waals surface area contributed by atoms with E-state index < -0.39 is 0 Å². The van der Waals surface area contributed by atoms with Gasteiger partial charge in [-0.15, -0.1) is 11.3 Å². The minimum absolute atomic E-state index is 1.00. The Labute approximate surface area is 84.4 Å². The molecule has 0 spiro atoms. The molecule has 2 heteroatoms. The number of hydrogen-bond donors (Lipinski definition) is 1. The third-order valence-corrected chi connectivity index (χ3v) is 3.32. The van der Waals surface area contributed by atoms with Crippen LogP contribution in [0.25, 0.3) is 0 Å². The van der Waals surface area contributed by atoms with E-state index in [1.165, 1.54) is 35.4 Å². The number of thiol groups is 1. The lowest BCUT2D eigenvalue weighted by molar-refractivity contribution is 0.940. The van der Waals surface area contributed by atoms with Crippen LogP contribution in [-0.4, -0.2) is 5.75 Å². The van der Waals surface area contributed by atoms with Crippen molar-refractivity contribution in [3.05, 3.63) is 21.9 Å². The summed E-state index contributed by atoms with van der Waals surface area (Å²) in [6, 6.07) is 4.53. The van der Waals surface area contributed by atoms with Gasteiger partial charge in [0.05, 0.1) is 0 Å². The Morgan fingerprint density at radius 3 is 2.50 bits per heavy atom. The summed E-state index contributed by atoms with van der Waals surface area (Å²) >= 11 is 6.17. The fraction of sp³-hybridized carbons (Fsp3) is 0.600. The summed E-state index contributed by atoms with van der Waals surface area (Å²) in [5.41, 5.74) is 0. The molecule has 0 saturated heterocycles. The smallest absolute Gasteiger partial charge is 0.00484 e. The van der Waals surface area contributed by atoms with Crippen molar-refractivity contribution >= 4 is 24.0 Å². The molecule has 0 amide bonds. The van der Waals surface area contributed by atoms with E-state index in [2.05, 4.69) is 31.7 Å². The third-order valence-electron chi connectivity index (χ3n) is 1.79. The quantitative estimate of drug-likeness (QED) is 0.690. The van der Waals surface area contributed by atoms with E-state index in [9.17, 15) is 0 Å². The molecule has 1 aromatic heterocycles. The van der Waals surface area contributed by atoms with Gasteiger partial charge in [-0.1, -0.05) is 13.3 Å². The maximum absolute atomic E-state index is 4.20. The second kappa shape index (κ2) is 5.65. The summed E-state index contributed by atoms with van der Waals surface area (Å²) in [6.07, 6.45) is 4.91. The predicted octanol–water partition coefficient (Wildman–Crippen LogP) is 3.56. The second-order valence-electron chi connectivity index (χ2n) is 2.95. The van der Waals surface area contributed by atoms with Crippen LogP contribution in [0.15, 0.2) is 12.1 Å². The molecule has 0 saturated carbocycles. The molecule has 0 bridgehead atoms. The first-order valence-corrected chi connectivity index (χ1v) is 6.00. The number of thiophene rings is 1. The van der Waals surface area contributed by atoms with E-state index in [0.29, 0.717) is 0 Å². The summed E-state index contributed by atoms with van der Waals surface area (Å²) < 4.78 is 0. The van der Waals surface area contributed by atoms with Crippen molar-refractivity contribution in [2.24, 2.45) is 0 Å². The SMILES string of the molecule is CCCc1ccc(CCCS)s1. The third kappa shape index (κ3) is 3.20. The Balaban J connectivity index is 2.41. The van der Waals surface area contributed by atoms with Crippen molar-refractivity contribution < 1.29 is 0 Å². The molecule has 0 N–H and O–H groups in total. The fourth-order valence-electron chi connectivity index (χ4n) is 1.19. The van der Waals surface area contributed by atoms with Crippen molar-refractivity contribution in [3.8, 4) is 0 Å². The Bertz CT molecular complexity index is 215. The van der Waals surface area contributed by atoms with Gasteiger partial charge in [-0.2, -0.15) is 12.6 Å². The minimum Gasteiger partial charge on any atom is -0.179 e. The van der Waals surface area contributed by atoms with Gasteiger partial charge in [0.25, 0.3) is 0 Å². The highest BCUT2D eigenvalue weighted by Crippen LogP contribution is 2.19. The molecule has 1 heterocycles. The molecule has 0 aromatic carbocycles. The molecular weight excluding hydrogens is 184 g/mol. The van der Waals surface area contributed by atoms with Crippen molar-refractivity contribution in [1.29, 1.82) is 0 Å². The number of rotatable bonds is 5. The van der Waals surface area contributed by atoms with E-state index in [4.69, 9.17) is 0 Å². The second-order valence-corrected chi connectivity index (χ2v) is 4.65. The average molecular weight is 200 g/mol. The van der Waals surface area contributed by atoms with Gasteiger partial charge in [0.15, 0.2) is 0 Å². The van der Waals surface area contributed by atoms with E-state index in [0.717, 1.165) is 5.75 Å². The zero-order valence-corrected chi connectivity index (χ0v) is 9.26. The summed E-state index contributed by atoms with van der Waals surface area (Å²) in [5.74, 6) is 1.00. The van der Waals surface area contributed by atoms with E-state index >= 15 is 0 Å². The van der Waals surface area contributed by atoms with Crippen LogP contribution in [0.1, 0.15) is 29.5 Å². The van der Waals surface area contributed by atoms with Gasteiger partial charge in [-0.25, -0.2) is 0 Å². The first-order chi connectivity index (χ1) is 5.86. The zero-order valence-electron chi connectivity index (χ0n) is 7.55. The highest BCUT2D eigenvalue weighted by atomic mass is 32.1. The molecule has 0 aliphatic rings. The average Bonchev–Trinajstić information content (AvgIpc) is 2.50. The largest absolute Gasteiger partial charge is 0.179 e. The molecule has 1 aromatic rings. The monoisotopic (exact) mass is 200 g/mol. The molecule has 12 heavy (non-hydrogen) atoms. The summed E-state index contributed by atoms with van der Waals surface area (Å²) in [5, 5.41) is 0. The fourth-order valence-corrected chi connectivity index (χ4v) is 2.51. The first kappa shape index (κ1) is 10.1. The maximum atomic E-state index is 4.20. The summed E-state index contributed by atoms with van der Waals surface area (Å²) in [6.45, 7) is 2.23. The van der Waals surface area contributed by atoms with Gasteiger partial charge < -0.3 is 0 Å². The van der Waals surface area contributed by atoms with Crippen molar-refractivity contribution in [2.45, 2.75) is 32.6 Å². The highest BCUT2D eigenvalue weighted by Gasteiger charge is 1.98. The van der Waals surface area contributed by atoms with Crippen LogP contribution in [0.4, 0.5) is 0 Å². The topological polar surface area (TPSA) is 0 Å². The molecule has 0 aliphatic heterocycles. The van der Waals surface area contributed by atoms with Crippen LogP contribution < -0.4 is 0 Å². The molecule has 0 atom stereocenters. The molecule has 0 nitrogen and oxygen atoms in total. The lowest BCUT2D eigenvalue weighted by atomic mass is 10.2. The minimum atomic E-state index is 1.00. The molecule has 68 valence electrons. The highest BCUT2D eigenvalue weighted by molar-refractivity contribution is 7.80. The van der Waals surface area contributed by atoms with E-state index in [1.807, 2.05) is 11.3 Å². The van der Waals surface area contributed by atoms with Gasteiger partial charge >= 0.3 is 0 Å². The Hall–Kier alpha value is 0.0500. The van der Waals surface area contributed by atoms with E-state index in [1.54, 1.807) is 0 Å². The summed E-state index contributed by atoms with van der Waals surface area (Å²) in [7, 11) is 0. The van der Waals surface area contributed by atoms with Crippen LogP contribution in [-0.2, 0) is 12.8 Å². The van der Waals surface area contributed by atoms with Gasteiger partial charge in [0.1, 0.15) is 0 Å². The predicted molar refractivity (Wildman–Crippen MR) is 60.5 cm³/mol. The Morgan fingerprint density at radius 1 is 1.25 bits per heavy atom. The lowest BCUT2D eigenvalue weighted by Crippen LogP contribution is -1.79. The normalized spacial score (nSPS) is 10.5. The summed E-state index contributed by atoms with van der Waals surface area (Å²) in [4.78, 5) is 3.05. The van der Waals surface area contributed by atoms with Crippen LogP contribution in [0.2, 0.25) is 0 Å². The molecule has 0 unspecified atom stereocenters. The van der Waals surface area contributed by atoms with Gasteiger partial charge in [0, 0.05) is 9.75 Å². The molecule has 0 fully saturated rings. The van der Waals surface area contributed by atoms with Crippen LogP contribution >= 0.6 is 24.0 Å². The van der Waals surface area contributed by atoms with Gasteiger partial charge in [-0.05, 0) is 37.1 Å². The lowest BCUT2D eigenvalue weighted by Gasteiger charge is -1.92. The molecule has 1 rings (SSSR count). The molecule has 0 aliphatic carbocycles. The maximum Gasteiger partial charge on any atom is 0.00484 e. The van der Waals surface area contributed by atoms with Crippen molar-refractivity contribution in [1.82, 2.24) is 0 Å².